The molecule has 0 atom stereocenters. The SMILES string of the molecule is CS(=O)(=O)Nc1cc(Cl)cc(NC(=O)c2cc(B(O)O)cs2)c1. The number of rotatable bonds is 5. The maximum absolute atomic E-state index is 12.1. The van der Waals surface area contributed by atoms with Gasteiger partial charge in [-0.1, -0.05) is 11.6 Å². The lowest BCUT2D eigenvalue weighted by Gasteiger charge is -2.09. The van der Waals surface area contributed by atoms with Crippen LogP contribution in [0.1, 0.15) is 9.67 Å². The summed E-state index contributed by atoms with van der Waals surface area (Å²) >= 11 is 6.95. The Bertz CT molecular complexity index is 838. The summed E-state index contributed by atoms with van der Waals surface area (Å²) in [5.74, 6) is -0.477. The molecule has 2 rings (SSSR count). The Kier molecular flexibility index (Phi) is 5.32. The van der Waals surface area contributed by atoms with E-state index in [1.54, 1.807) is 0 Å². The number of nitrogens with one attached hydrogen (secondary N) is 2. The number of hydrogen-bond acceptors (Lipinski definition) is 6. The van der Waals surface area contributed by atoms with Crippen LogP contribution in [-0.2, 0) is 10.0 Å². The molecule has 0 fully saturated rings. The molecule has 0 bridgehead atoms. The van der Waals surface area contributed by atoms with Gasteiger partial charge in [0.2, 0.25) is 10.0 Å². The van der Waals surface area contributed by atoms with E-state index in [2.05, 4.69) is 10.0 Å². The molecule has 0 saturated heterocycles. The van der Waals surface area contributed by atoms with Crippen LogP contribution in [0, 0.1) is 0 Å². The van der Waals surface area contributed by atoms with Gasteiger partial charge in [-0.2, -0.15) is 0 Å². The summed E-state index contributed by atoms with van der Waals surface area (Å²) in [6, 6.07) is 5.64. The Morgan fingerprint density at radius 2 is 1.87 bits per heavy atom. The topological polar surface area (TPSA) is 116 Å². The van der Waals surface area contributed by atoms with Crippen molar-refractivity contribution in [2.45, 2.75) is 0 Å². The fraction of sp³-hybridized carbons (Fsp3) is 0.0833. The molecule has 4 N–H and O–H groups in total. The van der Waals surface area contributed by atoms with E-state index in [0.717, 1.165) is 17.6 Å². The number of halogens is 1. The number of carbonyl (C=O) groups is 1. The third-order valence-corrected chi connectivity index (χ3v) is 4.37. The van der Waals surface area contributed by atoms with Crippen LogP contribution < -0.4 is 15.5 Å². The van der Waals surface area contributed by atoms with Gasteiger partial charge >= 0.3 is 7.12 Å². The highest BCUT2D eigenvalue weighted by Gasteiger charge is 2.17. The van der Waals surface area contributed by atoms with E-state index in [1.807, 2.05) is 0 Å². The van der Waals surface area contributed by atoms with Crippen LogP contribution in [0.25, 0.3) is 0 Å². The lowest BCUT2D eigenvalue weighted by molar-refractivity contribution is 0.103. The number of hydrogen-bond donors (Lipinski definition) is 4. The van der Waals surface area contributed by atoms with Crippen LogP contribution in [-0.4, -0.2) is 37.7 Å². The third-order valence-electron chi connectivity index (χ3n) is 2.60. The zero-order chi connectivity index (χ0) is 17.2. The Labute approximate surface area is 142 Å². The van der Waals surface area contributed by atoms with Crippen molar-refractivity contribution in [3.63, 3.8) is 0 Å². The monoisotopic (exact) mass is 374 g/mol. The molecule has 1 heterocycles. The standard InChI is InChI=1S/C12H12BClN2O5S2/c1-23(20,21)16-10-4-8(14)3-9(5-10)15-12(17)11-2-7(6-22-11)13(18)19/h2-6,16,18-19H,1H3,(H,15,17). The van der Waals surface area contributed by atoms with Crippen molar-refractivity contribution in [3.05, 3.63) is 39.5 Å². The van der Waals surface area contributed by atoms with Crippen LogP contribution in [0.4, 0.5) is 11.4 Å². The Hall–Kier alpha value is -1.59. The zero-order valence-corrected chi connectivity index (χ0v) is 14.2. The molecule has 11 heteroatoms. The molecule has 1 amide bonds. The van der Waals surface area contributed by atoms with Crippen LogP contribution in [0.5, 0.6) is 0 Å². The first-order chi connectivity index (χ1) is 10.6. The van der Waals surface area contributed by atoms with Crippen molar-refractivity contribution in [1.82, 2.24) is 0 Å². The summed E-state index contributed by atoms with van der Waals surface area (Å²) in [5, 5.41) is 22.3. The highest BCUT2D eigenvalue weighted by molar-refractivity contribution is 7.92. The summed E-state index contributed by atoms with van der Waals surface area (Å²) in [7, 11) is -5.12. The molecule has 1 aromatic carbocycles. The molecule has 0 saturated carbocycles. The van der Waals surface area contributed by atoms with Gasteiger partial charge in [0.1, 0.15) is 0 Å². The molecule has 0 unspecified atom stereocenters. The fourth-order valence-corrected chi connectivity index (χ4v) is 3.33. The quantitative estimate of drug-likeness (QED) is 0.575. The minimum atomic E-state index is -3.47. The predicted octanol–water partition coefficient (Wildman–Crippen LogP) is 0.705. The van der Waals surface area contributed by atoms with Gasteiger partial charge < -0.3 is 15.4 Å². The lowest BCUT2D eigenvalue weighted by atomic mass is 9.83. The minimum Gasteiger partial charge on any atom is -0.423 e. The number of carbonyl (C=O) groups excluding carboxylic acids is 1. The molecule has 23 heavy (non-hydrogen) atoms. The van der Waals surface area contributed by atoms with Crippen LogP contribution in [0.2, 0.25) is 5.02 Å². The average Bonchev–Trinajstić information content (AvgIpc) is 2.85. The summed E-state index contributed by atoms with van der Waals surface area (Å²) < 4.78 is 24.8. The minimum absolute atomic E-state index is 0.214. The van der Waals surface area contributed by atoms with E-state index in [0.29, 0.717) is 5.69 Å². The van der Waals surface area contributed by atoms with Crippen molar-refractivity contribution < 1.29 is 23.3 Å². The van der Waals surface area contributed by atoms with Gasteiger partial charge in [0.15, 0.2) is 0 Å². The Morgan fingerprint density at radius 1 is 1.22 bits per heavy atom. The average molecular weight is 375 g/mol. The molecule has 0 aliphatic heterocycles. The van der Waals surface area contributed by atoms with Crippen LogP contribution >= 0.6 is 22.9 Å². The van der Waals surface area contributed by atoms with Crippen molar-refractivity contribution >= 4 is 62.8 Å². The number of benzene rings is 1. The Morgan fingerprint density at radius 3 is 2.43 bits per heavy atom. The van der Waals surface area contributed by atoms with Gasteiger partial charge in [0, 0.05) is 10.7 Å². The largest absolute Gasteiger partial charge is 0.489 e. The summed E-state index contributed by atoms with van der Waals surface area (Å²) in [6.07, 6.45) is 1.000. The zero-order valence-electron chi connectivity index (χ0n) is 11.8. The molecular formula is C12H12BClN2O5S2. The molecule has 0 aliphatic rings. The number of anilines is 2. The van der Waals surface area contributed by atoms with Crippen molar-refractivity contribution in [2.75, 3.05) is 16.3 Å². The van der Waals surface area contributed by atoms with Crippen molar-refractivity contribution in [1.29, 1.82) is 0 Å². The van der Waals surface area contributed by atoms with Gasteiger partial charge in [-0.15, -0.1) is 11.3 Å². The summed E-state index contributed by atoms with van der Waals surface area (Å²) in [4.78, 5) is 12.4. The van der Waals surface area contributed by atoms with Gasteiger partial charge in [-0.3, -0.25) is 9.52 Å². The molecule has 7 nitrogen and oxygen atoms in total. The van der Waals surface area contributed by atoms with E-state index < -0.39 is 23.0 Å². The highest BCUT2D eigenvalue weighted by atomic mass is 35.5. The molecule has 0 radical (unpaired) electrons. The first-order valence-electron chi connectivity index (χ1n) is 6.18. The predicted molar refractivity (Wildman–Crippen MR) is 92.0 cm³/mol. The first-order valence-corrected chi connectivity index (χ1v) is 9.33. The molecular weight excluding hydrogens is 363 g/mol. The van der Waals surface area contributed by atoms with Crippen molar-refractivity contribution in [2.24, 2.45) is 0 Å². The maximum atomic E-state index is 12.1. The van der Waals surface area contributed by atoms with Crippen LogP contribution in [0.3, 0.4) is 0 Å². The number of sulfonamides is 1. The van der Waals surface area contributed by atoms with Crippen LogP contribution in [0.15, 0.2) is 29.6 Å². The first kappa shape index (κ1) is 17.8. The maximum Gasteiger partial charge on any atom is 0.489 e. The number of thiophene rings is 1. The molecule has 1 aromatic heterocycles. The van der Waals surface area contributed by atoms with Gasteiger partial charge in [0.05, 0.1) is 16.8 Å². The molecule has 122 valence electrons. The summed E-state index contributed by atoms with van der Waals surface area (Å²) in [5.41, 5.74) is 0.728. The summed E-state index contributed by atoms with van der Waals surface area (Å²) in [6.45, 7) is 0. The number of amides is 1. The van der Waals surface area contributed by atoms with E-state index in [4.69, 9.17) is 21.6 Å². The lowest BCUT2D eigenvalue weighted by Crippen LogP contribution is -2.28. The van der Waals surface area contributed by atoms with Gasteiger partial charge in [0.25, 0.3) is 5.91 Å². The Balaban J connectivity index is 2.20. The second kappa shape index (κ2) is 6.89. The normalized spacial score (nSPS) is 11.1. The van der Waals surface area contributed by atoms with Gasteiger partial charge in [-0.05, 0) is 35.1 Å². The fourth-order valence-electron chi connectivity index (χ4n) is 1.73. The molecule has 0 aliphatic carbocycles. The van der Waals surface area contributed by atoms with E-state index in [9.17, 15) is 13.2 Å². The second-order valence-corrected chi connectivity index (χ2v) is 7.77. The van der Waals surface area contributed by atoms with E-state index >= 15 is 0 Å². The molecule has 2 aromatic rings. The third kappa shape index (κ3) is 5.22. The second-order valence-electron chi connectivity index (χ2n) is 4.67. The van der Waals surface area contributed by atoms with Gasteiger partial charge in [-0.25, -0.2) is 8.42 Å². The molecule has 0 spiro atoms. The van der Waals surface area contributed by atoms with E-state index in [1.165, 1.54) is 29.6 Å². The van der Waals surface area contributed by atoms with Crippen molar-refractivity contribution in [3.8, 4) is 0 Å². The van der Waals surface area contributed by atoms with E-state index in [-0.39, 0.29) is 21.0 Å². The smallest absolute Gasteiger partial charge is 0.423 e. The highest BCUT2D eigenvalue weighted by Crippen LogP contribution is 2.24.